The number of carbonyl (C=O) groups is 4. The van der Waals surface area contributed by atoms with Crippen LogP contribution in [0.1, 0.15) is 26.7 Å². The van der Waals surface area contributed by atoms with Crippen LogP contribution in [0.3, 0.4) is 0 Å². The monoisotopic (exact) mass is 1000 g/mol. The van der Waals surface area contributed by atoms with Gasteiger partial charge in [-0.15, -0.1) is 43.3 Å². The van der Waals surface area contributed by atoms with Gasteiger partial charge in [0, 0.05) is 26.2 Å². The molecule has 0 heterocycles. The Morgan fingerprint density at radius 3 is 1.43 bits per heavy atom. The van der Waals surface area contributed by atoms with Crippen molar-refractivity contribution in [3.63, 3.8) is 0 Å². The maximum atomic E-state index is 11.0. The third kappa shape index (κ3) is 39.0. The molecule has 3 unspecified atom stereocenters. The molecule has 0 spiro atoms. The van der Waals surface area contributed by atoms with Gasteiger partial charge in [-0.05, 0) is 79.1 Å². The summed E-state index contributed by atoms with van der Waals surface area (Å²) in [5.41, 5.74) is 0. The number of methoxy groups -OCH3 is 1. The van der Waals surface area contributed by atoms with Crippen LogP contribution in [0.15, 0.2) is 38.0 Å². The van der Waals surface area contributed by atoms with Crippen LogP contribution >= 0.6 is 23.5 Å². The van der Waals surface area contributed by atoms with Crippen LogP contribution < -0.4 is 0 Å². The smallest absolute Gasteiger partial charge is 0.437 e. The zero-order chi connectivity index (χ0) is 47.4. The van der Waals surface area contributed by atoms with Crippen LogP contribution in [-0.2, 0) is 59.3 Å². The number of thioether (sulfide) groups is 2. The van der Waals surface area contributed by atoms with Crippen molar-refractivity contribution in [2.75, 3.05) is 69.4 Å². The lowest BCUT2D eigenvalue weighted by atomic mass is 9.82. The Balaban J connectivity index is -0.000000680. The molecule has 354 valence electrons. The van der Waals surface area contributed by atoms with Gasteiger partial charge in [0.15, 0.2) is 33.5 Å². The van der Waals surface area contributed by atoms with Gasteiger partial charge in [0.25, 0.3) is 0 Å². The Morgan fingerprint density at radius 2 is 1.08 bits per heavy atom. The normalized spacial score (nSPS) is 16.1. The molecule has 0 aliphatic heterocycles. The van der Waals surface area contributed by atoms with Crippen molar-refractivity contribution in [2.24, 2.45) is 5.92 Å². The Morgan fingerprint density at radius 1 is 0.617 bits per heavy atom. The van der Waals surface area contributed by atoms with Gasteiger partial charge in [-0.25, -0.2) is 0 Å². The fraction of sp³-hybridized carbons (Fsp3) is 0.714. The summed E-state index contributed by atoms with van der Waals surface area (Å²) >= 11 is 2.54. The van der Waals surface area contributed by atoms with Crippen LogP contribution in [-0.4, -0.2) is 170 Å². The Kier molecular flexibility index (Phi) is 41.5. The van der Waals surface area contributed by atoms with Crippen molar-refractivity contribution in [1.82, 2.24) is 0 Å². The number of aldehydes is 4. The molecule has 0 aromatic rings. The van der Waals surface area contributed by atoms with E-state index >= 15 is 0 Å². The summed E-state index contributed by atoms with van der Waals surface area (Å²) in [6, 6.07) is 0. The molecule has 25 heteroatoms. The van der Waals surface area contributed by atoms with E-state index in [9.17, 15) is 19.2 Å². The first-order chi connectivity index (χ1) is 27.8. The molecule has 1 aliphatic rings. The molecule has 0 aromatic carbocycles. The SMILES string of the molecule is C=CCOC.C=CCOC1CCC1COCSC[Si](O)(O)O[Si](C)(O[Si](C)(C)C)[Si](C)(C)O[Si](C)(C)O[Si](O)(O)CSCOCC.C=CCOCC.O=CC=O.O=CC=O. The molecule has 0 bridgehead atoms. The van der Waals surface area contributed by atoms with Gasteiger partial charge < -0.3 is 59.3 Å². The third-order valence-corrected chi connectivity index (χ3v) is 37.9. The highest BCUT2D eigenvalue weighted by atomic mass is 32.2. The van der Waals surface area contributed by atoms with Crippen LogP contribution in [0.2, 0.25) is 52.4 Å². The van der Waals surface area contributed by atoms with Gasteiger partial charge in [0.2, 0.25) is 7.83 Å². The summed E-state index contributed by atoms with van der Waals surface area (Å²) in [6.07, 6.45) is 8.23. The highest BCUT2D eigenvalue weighted by Gasteiger charge is 2.60. The Labute approximate surface area is 374 Å². The summed E-state index contributed by atoms with van der Waals surface area (Å²) in [6.45, 7) is 33.4. The highest BCUT2D eigenvalue weighted by molar-refractivity contribution is 8.00. The van der Waals surface area contributed by atoms with E-state index in [1.807, 2.05) is 53.1 Å². The lowest BCUT2D eigenvalue weighted by Crippen LogP contribution is -2.73. The molecule has 60 heavy (non-hydrogen) atoms. The van der Waals surface area contributed by atoms with E-state index in [-0.39, 0.29) is 42.0 Å². The summed E-state index contributed by atoms with van der Waals surface area (Å²) in [5, 5.41) is 0.0189. The van der Waals surface area contributed by atoms with Gasteiger partial charge in [-0.1, -0.05) is 18.2 Å². The average Bonchev–Trinajstić information content (AvgIpc) is 3.12. The number of rotatable bonds is 30. The minimum absolute atomic E-state index is 0.00608. The maximum Gasteiger partial charge on any atom is 0.497 e. The molecule has 4 N–H and O–H groups in total. The van der Waals surface area contributed by atoms with Gasteiger partial charge in [0.05, 0.1) is 55.2 Å². The first kappa shape index (κ1) is 66.0. The molecule has 3 atom stereocenters. The van der Waals surface area contributed by atoms with E-state index in [0.29, 0.717) is 50.8 Å². The number of hydrogen-bond donors (Lipinski definition) is 4. The van der Waals surface area contributed by atoms with E-state index in [0.717, 1.165) is 19.4 Å². The molecule has 1 saturated carbocycles. The molecule has 0 saturated heterocycles. The van der Waals surface area contributed by atoms with Gasteiger partial charge in [0.1, 0.15) is 0 Å². The fourth-order valence-corrected chi connectivity index (χ4v) is 40.9. The largest absolute Gasteiger partial charge is 0.497 e. The molecule has 0 radical (unpaired) electrons. The van der Waals surface area contributed by atoms with Crippen molar-refractivity contribution >= 4 is 99.1 Å². The first-order valence-corrected chi connectivity index (χ1v) is 37.9. The Bertz CT molecular complexity index is 1130. The zero-order valence-electron chi connectivity index (χ0n) is 37.7. The van der Waals surface area contributed by atoms with Crippen molar-refractivity contribution in [3.8, 4) is 0 Å². The first-order valence-electron chi connectivity index (χ1n) is 19.1. The summed E-state index contributed by atoms with van der Waals surface area (Å²) in [5.74, 6) is 0.998. The van der Waals surface area contributed by atoms with E-state index in [1.165, 1.54) is 23.5 Å². The summed E-state index contributed by atoms with van der Waals surface area (Å²) in [4.78, 5) is 78.5. The molecule has 0 aromatic heterocycles. The van der Waals surface area contributed by atoms with E-state index < -0.39 is 50.4 Å². The van der Waals surface area contributed by atoms with E-state index in [2.05, 4.69) is 24.5 Å². The Hall–Kier alpha value is -0.619. The predicted molar refractivity (Wildman–Crippen MR) is 253 cm³/mol. The maximum absolute atomic E-state index is 11.0. The highest BCUT2D eigenvalue weighted by Crippen LogP contribution is 2.33. The molecule has 1 aliphatic carbocycles. The standard InChI is InChI=1S/C22H54O11S2Si6.C5H10O.C4H8O.2C2H2O2/c1-11-15-29-22-14-13-21(22)16-28-18-35-20-41(25,26)33-39(10,30-36(3,4)5)38(8,9)31-37(6,7)32-40(23,24)19-34-17-27-12-2;1-3-5-6-4-2;1-3-4-5-2;2*3-1-2-4/h11,21-26H,1,12-20H2,2-10H3;3H,1,4-5H2,2H3;3H,1,4H2,2H3;2*1-2H. The van der Waals surface area contributed by atoms with Gasteiger partial charge >= 0.3 is 34.2 Å². The lowest BCUT2D eigenvalue weighted by molar-refractivity contribution is -0.122. The van der Waals surface area contributed by atoms with Crippen molar-refractivity contribution in [3.05, 3.63) is 38.0 Å². The minimum atomic E-state index is -4.17. The molecular weight excluding hydrogens is 925 g/mol. The predicted octanol–water partition coefficient (Wildman–Crippen LogP) is 4.08. The van der Waals surface area contributed by atoms with Crippen molar-refractivity contribution in [2.45, 2.75) is 85.2 Å². The number of hydrogen-bond acceptors (Lipinski definition) is 19. The fourth-order valence-electron chi connectivity index (χ4n) is 4.55. The van der Waals surface area contributed by atoms with Gasteiger partial charge in [-0.2, -0.15) is 0 Å². The van der Waals surface area contributed by atoms with E-state index in [4.69, 9.17) is 54.6 Å². The zero-order valence-corrected chi connectivity index (χ0v) is 45.3. The quantitative estimate of drug-likeness (QED) is 0.0198. The number of ether oxygens (including phenoxy) is 5. The van der Waals surface area contributed by atoms with Crippen molar-refractivity contribution < 1.29 is 78.5 Å². The molecule has 17 nitrogen and oxygen atoms in total. The topological polar surface area (TPSA) is 232 Å². The molecular formula is C35H76O17S2Si6. The lowest BCUT2D eigenvalue weighted by Gasteiger charge is -2.47. The van der Waals surface area contributed by atoms with Crippen LogP contribution in [0.5, 0.6) is 0 Å². The summed E-state index contributed by atoms with van der Waals surface area (Å²) < 4.78 is 51.5. The average molecular weight is 1000 g/mol. The van der Waals surface area contributed by atoms with Gasteiger partial charge in [-0.3, -0.25) is 19.2 Å². The van der Waals surface area contributed by atoms with Crippen molar-refractivity contribution in [1.29, 1.82) is 0 Å². The number of carbonyl (C=O) groups excluding carboxylic acids is 4. The summed E-state index contributed by atoms with van der Waals surface area (Å²) in [7, 11) is -18.1. The second-order valence-electron chi connectivity index (χ2n) is 14.4. The second kappa shape index (κ2) is 37.7. The molecule has 0 amide bonds. The molecule has 1 fully saturated rings. The second-order valence-corrected chi connectivity index (χ2v) is 42.5. The van der Waals surface area contributed by atoms with E-state index in [1.54, 1.807) is 38.4 Å². The molecule has 1 rings (SSSR count). The van der Waals surface area contributed by atoms with Crippen LogP contribution in [0, 0.1) is 5.92 Å². The minimum Gasteiger partial charge on any atom is -0.437 e. The van der Waals surface area contributed by atoms with Crippen LogP contribution in [0.4, 0.5) is 0 Å². The van der Waals surface area contributed by atoms with Crippen LogP contribution in [0.25, 0.3) is 0 Å². The third-order valence-electron chi connectivity index (χ3n) is 6.92.